The Bertz CT molecular complexity index is 793. The lowest BCUT2D eigenvalue weighted by atomic mass is 10.0. The van der Waals surface area contributed by atoms with Gasteiger partial charge in [0.2, 0.25) is 0 Å². The number of H-pyrrole nitrogens is 1. The van der Waals surface area contributed by atoms with Gasteiger partial charge in [-0.2, -0.15) is 0 Å². The van der Waals surface area contributed by atoms with Crippen LogP contribution < -0.4 is 10.3 Å². The summed E-state index contributed by atoms with van der Waals surface area (Å²) < 4.78 is 5.21. The number of rotatable bonds is 2. The topological polar surface area (TPSA) is 55.0 Å². The summed E-state index contributed by atoms with van der Waals surface area (Å²) in [6.45, 7) is 0. The van der Waals surface area contributed by atoms with Crippen molar-refractivity contribution in [3.05, 3.63) is 59.1 Å². The van der Waals surface area contributed by atoms with Gasteiger partial charge in [0.05, 0.1) is 24.3 Å². The van der Waals surface area contributed by atoms with Gasteiger partial charge in [-0.05, 0) is 35.4 Å². The quantitative estimate of drug-likeness (QED) is 0.762. The highest BCUT2D eigenvalue weighted by Gasteiger charge is 2.03. The van der Waals surface area contributed by atoms with Crippen molar-refractivity contribution in [3.63, 3.8) is 0 Å². The molecule has 1 heterocycles. The fraction of sp³-hybridized carbons (Fsp3) is 0.0667. The summed E-state index contributed by atoms with van der Waals surface area (Å²) in [5.41, 5.74) is 2.60. The van der Waals surface area contributed by atoms with Gasteiger partial charge in [-0.1, -0.05) is 18.2 Å². The second-order valence-corrected chi connectivity index (χ2v) is 4.20. The predicted molar refractivity (Wildman–Crippen MR) is 74.4 cm³/mol. The van der Waals surface area contributed by atoms with Crippen molar-refractivity contribution in [1.29, 1.82) is 0 Å². The number of hydrogen-bond acceptors (Lipinski definition) is 3. The van der Waals surface area contributed by atoms with E-state index in [4.69, 9.17) is 4.74 Å². The Hall–Kier alpha value is -2.62. The third-order valence-corrected chi connectivity index (χ3v) is 3.04. The van der Waals surface area contributed by atoms with E-state index in [0.717, 1.165) is 16.9 Å². The Balaban J connectivity index is 2.17. The van der Waals surface area contributed by atoms with Gasteiger partial charge in [0.25, 0.3) is 5.56 Å². The highest BCUT2D eigenvalue weighted by molar-refractivity contribution is 5.83. The smallest absolute Gasteiger partial charge is 0.258 e. The number of hydrogen-bond donors (Lipinski definition) is 1. The van der Waals surface area contributed by atoms with Gasteiger partial charge in [0.1, 0.15) is 5.75 Å². The highest BCUT2D eigenvalue weighted by Crippen LogP contribution is 2.25. The first-order valence-corrected chi connectivity index (χ1v) is 5.90. The molecular formula is C15H12N2O2. The van der Waals surface area contributed by atoms with Crippen molar-refractivity contribution in [2.75, 3.05) is 7.11 Å². The molecule has 94 valence electrons. The van der Waals surface area contributed by atoms with Gasteiger partial charge < -0.3 is 9.72 Å². The van der Waals surface area contributed by atoms with Crippen molar-refractivity contribution in [2.24, 2.45) is 0 Å². The number of aromatic nitrogens is 2. The molecule has 0 amide bonds. The van der Waals surface area contributed by atoms with Crippen LogP contribution in [0.15, 0.2) is 53.6 Å². The molecule has 1 aromatic heterocycles. The van der Waals surface area contributed by atoms with Gasteiger partial charge in [0.15, 0.2) is 0 Å². The molecule has 0 aliphatic heterocycles. The maximum atomic E-state index is 11.6. The molecule has 0 saturated carbocycles. The molecule has 0 saturated heterocycles. The summed E-state index contributed by atoms with van der Waals surface area (Å²) in [5.74, 6) is 0.802. The number of nitrogens with zero attached hydrogens (tertiary/aromatic N) is 1. The van der Waals surface area contributed by atoms with Crippen LogP contribution in [-0.4, -0.2) is 17.1 Å². The third kappa shape index (κ3) is 2.08. The Morgan fingerprint density at radius 2 is 1.95 bits per heavy atom. The van der Waals surface area contributed by atoms with Crippen LogP contribution in [0.25, 0.3) is 22.0 Å². The van der Waals surface area contributed by atoms with Gasteiger partial charge in [-0.25, -0.2) is 4.98 Å². The second-order valence-electron chi connectivity index (χ2n) is 4.20. The van der Waals surface area contributed by atoms with E-state index < -0.39 is 0 Å². The Morgan fingerprint density at radius 3 is 2.79 bits per heavy atom. The van der Waals surface area contributed by atoms with Gasteiger partial charge in [-0.3, -0.25) is 4.79 Å². The zero-order valence-corrected chi connectivity index (χ0v) is 10.4. The van der Waals surface area contributed by atoms with E-state index in [1.165, 1.54) is 6.33 Å². The van der Waals surface area contributed by atoms with E-state index in [2.05, 4.69) is 9.97 Å². The summed E-state index contributed by atoms with van der Waals surface area (Å²) >= 11 is 0. The number of aromatic amines is 1. The fourth-order valence-electron chi connectivity index (χ4n) is 2.05. The van der Waals surface area contributed by atoms with E-state index in [1.807, 2.05) is 36.4 Å². The number of nitrogens with one attached hydrogen (secondary N) is 1. The van der Waals surface area contributed by atoms with E-state index in [9.17, 15) is 4.79 Å². The summed E-state index contributed by atoms with van der Waals surface area (Å²) in [6, 6.07) is 13.4. The molecule has 19 heavy (non-hydrogen) atoms. The average molecular weight is 252 g/mol. The second kappa shape index (κ2) is 4.57. The predicted octanol–water partition coefficient (Wildman–Crippen LogP) is 2.60. The summed E-state index contributed by atoms with van der Waals surface area (Å²) in [7, 11) is 1.64. The molecule has 0 aliphatic carbocycles. The first-order chi connectivity index (χ1) is 9.28. The molecule has 0 fully saturated rings. The highest BCUT2D eigenvalue weighted by atomic mass is 16.5. The van der Waals surface area contributed by atoms with Crippen LogP contribution in [0.4, 0.5) is 0 Å². The van der Waals surface area contributed by atoms with E-state index in [0.29, 0.717) is 10.9 Å². The van der Waals surface area contributed by atoms with Crippen LogP contribution in [0.5, 0.6) is 5.75 Å². The molecule has 0 unspecified atom stereocenters. The molecule has 4 nitrogen and oxygen atoms in total. The largest absolute Gasteiger partial charge is 0.497 e. The lowest BCUT2D eigenvalue weighted by molar-refractivity contribution is 0.415. The molecule has 1 N–H and O–H groups in total. The van der Waals surface area contributed by atoms with Gasteiger partial charge >= 0.3 is 0 Å². The average Bonchev–Trinajstić information content (AvgIpc) is 2.47. The molecule has 0 radical (unpaired) electrons. The molecule has 4 heteroatoms. The summed E-state index contributed by atoms with van der Waals surface area (Å²) in [4.78, 5) is 18.4. The van der Waals surface area contributed by atoms with Crippen molar-refractivity contribution >= 4 is 10.9 Å². The number of ether oxygens (including phenoxy) is 1. The molecule has 0 atom stereocenters. The Kier molecular flexibility index (Phi) is 2.76. The van der Waals surface area contributed by atoms with Crippen molar-refractivity contribution in [2.45, 2.75) is 0 Å². The van der Waals surface area contributed by atoms with Crippen molar-refractivity contribution < 1.29 is 4.74 Å². The lowest BCUT2D eigenvalue weighted by Gasteiger charge is -2.05. The molecule has 0 spiro atoms. The number of fused-ring (bicyclic) bond motifs is 1. The van der Waals surface area contributed by atoms with E-state index in [1.54, 1.807) is 13.2 Å². The molecule has 3 rings (SSSR count). The maximum absolute atomic E-state index is 11.6. The van der Waals surface area contributed by atoms with Crippen LogP contribution in [0.1, 0.15) is 0 Å². The Morgan fingerprint density at radius 1 is 1.11 bits per heavy atom. The number of methoxy groups -OCH3 is 1. The zero-order valence-electron chi connectivity index (χ0n) is 10.4. The summed E-state index contributed by atoms with van der Waals surface area (Å²) in [6.07, 6.45) is 1.42. The molecular weight excluding hydrogens is 240 g/mol. The third-order valence-electron chi connectivity index (χ3n) is 3.04. The van der Waals surface area contributed by atoms with Crippen LogP contribution in [-0.2, 0) is 0 Å². The van der Waals surface area contributed by atoms with Crippen molar-refractivity contribution in [3.8, 4) is 16.9 Å². The SMILES string of the molecule is COc1cccc(-c2ccc3c(=O)[nH]cnc3c2)c1. The first kappa shape index (κ1) is 11.5. The minimum absolute atomic E-state index is 0.123. The monoisotopic (exact) mass is 252 g/mol. The van der Waals surface area contributed by atoms with Crippen LogP contribution in [0.3, 0.4) is 0 Å². The van der Waals surface area contributed by atoms with Gasteiger partial charge in [-0.15, -0.1) is 0 Å². The van der Waals surface area contributed by atoms with Crippen LogP contribution >= 0.6 is 0 Å². The van der Waals surface area contributed by atoms with Crippen molar-refractivity contribution in [1.82, 2.24) is 9.97 Å². The number of benzene rings is 2. The minimum atomic E-state index is -0.123. The van der Waals surface area contributed by atoms with E-state index >= 15 is 0 Å². The normalized spacial score (nSPS) is 10.6. The molecule has 0 bridgehead atoms. The lowest BCUT2D eigenvalue weighted by Crippen LogP contribution is -2.05. The van der Waals surface area contributed by atoms with Crippen LogP contribution in [0.2, 0.25) is 0 Å². The standard InChI is InChI=1S/C15H12N2O2/c1-19-12-4-2-3-10(7-12)11-5-6-13-14(8-11)16-9-17-15(13)18/h2-9H,1H3,(H,16,17,18). The first-order valence-electron chi connectivity index (χ1n) is 5.90. The van der Waals surface area contributed by atoms with Crippen LogP contribution in [0, 0.1) is 0 Å². The molecule has 3 aromatic rings. The Labute approximate surface area is 109 Å². The van der Waals surface area contributed by atoms with Gasteiger partial charge in [0, 0.05) is 0 Å². The zero-order chi connectivity index (χ0) is 13.2. The minimum Gasteiger partial charge on any atom is -0.497 e. The fourth-order valence-corrected chi connectivity index (χ4v) is 2.05. The molecule has 0 aliphatic rings. The summed E-state index contributed by atoms with van der Waals surface area (Å²) in [5, 5.41) is 0.592. The maximum Gasteiger partial charge on any atom is 0.258 e. The van der Waals surface area contributed by atoms with E-state index in [-0.39, 0.29) is 5.56 Å². The molecule has 2 aromatic carbocycles.